The van der Waals surface area contributed by atoms with Gasteiger partial charge in [0.1, 0.15) is 5.82 Å². The fraction of sp³-hybridized carbons (Fsp3) is 0.706. The Balaban J connectivity index is 2.21. The van der Waals surface area contributed by atoms with E-state index in [0.29, 0.717) is 43.9 Å². The maximum atomic E-state index is 13.8. The molecule has 1 aliphatic heterocycles. The second-order valence-electron chi connectivity index (χ2n) is 6.81. The van der Waals surface area contributed by atoms with E-state index < -0.39 is 21.5 Å². The van der Waals surface area contributed by atoms with Crippen LogP contribution in [0.3, 0.4) is 0 Å². The molecule has 2 atom stereocenters. The molecule has 2 rings (SSSR count). The topological polar surface area (TPSA) is 83.7 Å². The molecule has 6 nitrogen and oxygen atoms in total. The Morgan fingerprint density at radius 3 is 2.76 bits per heavy atom. The molecule has 142 valence electrons. The fourth-order valence-corrected chi connectivity index (χ4v) is 3.35. The van der Waals surface area contributed by atoms with Crippen molar-refractivity contribution in [3.05, 3.63) is 23.6 Å². The van der Waals surface area contributed by atoms with Crippen LogP contribution in [0.1, 0.15) is 51.0 Å². The number of rotatable bonds is 8. The van der Waals surface area contributed by atoms with Gasteiger partial charge in [0.25, 0.3) is 0 Å². The SMILES string of the molecule is COc1ncc(F)cc1[C@@H](CCC1OCCCO1)CC(C)(C)S(N)=O. The smallest absolute Gasteiger partial charge is 0.216 e. The summed E-state index contributed by atoms with van der Waals surface area (Å²) in [6.07, 6.45) is 3.56. The monoisotopic (exact) mass is 374 g/mol. The van der Waals surface area contributed by atoms with Crippen LogP contribution in [0.25, 0.3) is 0 Å². The average Bonchev–Trinajstić information content (AvgIpc) is 2.59. The van der Waals surface area contributed by atoms with Crippen molar-refractivity contribution in [2.24, 2.45) is 5.14 Å². The minimum Gasteiger partial charge on any atom is -0.481 e. The highest BCUT2D eigenvalue weighted by atomic mass is 32.2. The Morgan fingerprint density at radius 1 is 1.48 bits per heavy atom. The van der Waals surface area contributed by atoms with Gasteiger partial charge in [0.2, 0.25) is 5.88 Å². The van der Waals surface area contributed by atoms with Gasteiger partial charge in [-0.05, 0) is 51.5 Å². The maximum Gasteiger partial charge on any atom is 0.216 e. The number of nitrogens with two attached hydrogens (primary N) is 1. The zero-order chi connectivity index (χ0) is 18.4. The molecule has 0 bridgehead atoms. The van der Waals surface area contributed by atoms with Crippen LogP contribution in [0.4, 0.5) is 4.39 Å². The molecule has 8 heteroatoms. The maximum absolute atomic E-state index is 13.8. The lowest BCUT2D eigenvalue weighted by Gasteiger charge is -2.30. The van der Waals surface area contributed by atoms with Gasteiger partial charge in [-0.2, -0.15) is 0 Å². The van der Waals surface area contributed by atoms with E-state index in [0.717, 1.165) is 12.6 Å². The predicted octanol–water partition coefficient (Wildman–Crippen LogP) is 2.65. The van der Waals surface area contributed by atoms with Gasteiger partial charge in [-0.25, -0.2) is 13.6 Å². The summed E-state index contributed by atoms with van der Waals surface area (Å²) in [4.78, 5) is 4.02. The molecule has 0 spiro atoms. The van der Waals surface area contributed by atoms with Crippen LogP contribution in [0.5, 0.6) is 5.88 Å². The third-order valence-electron chi connectivity index (χ3n) is 4.41. The molecular weight excluding hydrogens is 347 g/mol. The Morgan fingerprint density at radius 2 is 2.16 bits per heavy atom. The molecule has 2 N–H and O–H groups in total. The first-order valence-electron chi connectivity index (χ1n) is 8.42. The molecule has 1 aromatic heterocycles. The molecule has 0 aliphatic carbocycles. The lowest BCUT2D eigenvalue weighted by molar-refractivity contribution is -0.182. The van der Waals surface area contributed by atoms with Crippen LogP contribution in [-0.2, 0) is 20.5 Å². The lowest BCUT2D eigenvalue weighted by atomic mass is 9.86. The molecule has 0 amide bonds. The standard InChI is InChI=1S/C17H27FN2O4S/c1-17(2,25(19)21)10-12(5-6-15-23-7-4-8-24-15)14-9-13(18)11-20-16(14)22-3/h9,11-12,15H,4-8,10,19H2,1-3H3/t12-,25?/m0/s1. The van der Waals surface area contributed by atoms with Gasteiger partial charge in [0, 0.05) is 5.56 Å². The molecule has 0 saturated carbocycles. The van der Waals surface area contributed by atoms with E-state index in [1.807, 2.05) is 13.8 Å². The molecule has 0 aromatic carbocycles. The largest absolute Gasteiger partial charge is 0.481 e. The summed E-state index contributed by atoms with van der Waals surface area (Å²) in [6, 6.07) is 1.43. The molecule has 25 heavy (non-hydrogen) atoms. The number of halogens is 1. The second kappa shape index (κ2) is 9.02. The van der Waals surface area contributed by atoms with E-state index in [2.05, 4.69) is 4.98 Å². The van der Waals surface area contributed by atoms with Gasteiger partial charge in [0.15, 0.2) is 6.29 Å². The molecular formula is C17H27FN2O4S. The summed E-state index contributed by atoms with van der Waals surface area (Å²) in [5.41, 5.74) is 0.650. The van der Waals surface area contributed by atoms with Crippen LogP contribution in [0.15, 0.2) is 12.3 Å². The minimum atomic E-state index is -1.51. The highest BCUT2D eigenvalue weighted by Crippen LogP contribution is 2.37. The number of hydrogen-bond acceptors (Lipinski definition) is 5. The fourth-order valence-electron chi connectivity index (χ4n) is 2.99. The summed E-state index contributed by atoms with van der Waals surface area (Å²) in [5.74, 6) is -0.192. The first kappa shape index (κ1) is 20.2. The summed E-state index contributed by atoms with van der Waals surface area (Å²) in [5, 5.41) is 5.64. The van der Waals surface area contributed by atoms with E-state index in [9.17, 15) is 8.60 Å². The lowest BCUT2D eigenvalue weighted by Crippen LogP contribution is -2.34. The zero-order valence-corrected chi connectivity index (χ0v) is 15.8. The first-order valence-corrected chi connectivity index (χ1v) is 9.63. The zero-order valence-electron chi connectivity index (χ0n) is 15.0. The number of pyridine rings is 1. The Kier molecular flexibility index (Phi) is 7.30. The molecule has 0 radical (unpaired) electrons. The van der Waals surface area contributed by atoms with Crippen molar-refractivity contribution in [3.8, 4) is 5.88 Å². The van der Waals surface area contributed by atoms with Crippen molar-refractivity contribution in [2.75, 3.05) is 20.3 Å². The Bertz CT molecular complexity index is 594. The number of aromatic nitrogens is 1. The third kappa shape index (κ3) is 5.70. The highest BCUT2D eigenvalue weighted by Gasteiger charge is 2.31. The molecule has 1 aromatic rings. The van der Waals surface area contributed by atoms with E-state index in [4.69, 9.17) is 19.3 Å². The van der Waals surface area contributed by atoms with Gasteiger partial charge in [-0.15, -0.1) is 0 Å². The minimum absolute atomic E-state index is 0.130. The number of hydrogen-bond donors (Lipinski definition) is 1. The first-order chi connectivity index (χ1) is 11.8. The second-order valence-corrected chi connectivity index (χ2v) is 8.51. The molecule has 2 heterocycles. The molecule has 1 unspecified atom stereocenters. The summed E-state index contributed by atoms with van der Waals surface area (Å²) in [6.45, 7) is 5.03. The van der Waals surface area contributed by atoms with Gasteiger partial charge < -0.3 is 14.2 Å². The predicted molar refractivity (Wildman–Crippen MR) is 94.1 cm³/mol. The quantitative estimate of drug-likeness (QED) is 0.756. The van der Waals surface area contributed by atoms with E-state index in [1.165, 1.54) is 13.2 Å². The van der Waals surface area contributed by atoms with Crippen LogP contribution < -0.4 is 9.88 Å². The Hall–Kier alpha value is -1.09. The van der Waals surface area contributed by atoms with Gasteiger partial charge in [0.05, 0.1) is 42.3 Å². The van der Waals surface area contributed by atoms with Crippen molar-refractivity contribution < 1.29 is 22.8 Å². The van der Waals surface area contributed by atoms with Crippen LogP contribution >= 0.6 is 0 Å². The van der Waals surface area contributed by atoms with Gasteiger partial charge >= 0.3 is 0 Å². The summed E-state index contributed by atoms with van der Waals surface area (Å²) in [7, 11) is -0.00956. The summed E-state index contributed by atoms with van der Waals surface area (Å²) >= 11 is 0. The van der Waals surface area contributed by atoms with Crippen molar-refractivity contribution in [2.45, 2.75) is 56.5 Å². The number of methoxy groups -OCH3 is 1. The third-order valence-corrected chi connectivity index (χ3v) is 5.66. The average molecular weight is 374 g/mol. The highest BCUT2D eigenvalue weighted by molar-refractivity contribution is 7.84. The van der Waals surface area contributed by atoms with E-state index in [1.54, 1.807) is 0 Å². The van der Waals surface area contributed by atoms with E-state index >= 15 is 0 Å². The number of ether oxygens (including phenoxy) is 3. The Labute approximate surface area is 150 Å². The van der Waals surface area contributed by atoms with Crippen LogP contribution in [0, 0.1) is 5.82 Å². The van der Waals surface area contributed by atoms with Crippen molar-refractivity contribution >= 4 is 11.0 Å². The summed E-state index contributed by atoms with van der Waals surface area (Å²) < 4.78 is 41.5. The van der Waals surface area contributed by atoms with Crippen molar-refractivity contribution in [1.82, 2.24) is 4.98 Å². The normalized spacial score (nSPS) is 18.8. The van der Waals surface area contributed by atoms with Gasteiger partial charge in [-0.1, -0.05) is 0 Å². The molecule has 1 fully saturated rings. The van der Waals surface area contributed by atoms with Crippen molar-refractivity contribution in [3.63, 3.8) is 0 Å². The molecule has 1 saturated heterocycles. The molecule has 1 aliphatic rings. The van der Waals surface area contributed by atoms with Crippen LogP contribution in [0.2, 0.25) is 0 Å². The van der Waals surface area contributed by atoms with Crippen molar-refractivity contribution in [1.29, 1.82) is 0 Å². The number of nitrogens with zero attached hydrogens (tertiary/aromatic N) is 1. The van der Waals surface area contributed by atoms with E-state index in [-0.39, 0.29) is 12.2 Å². The van der Waals surface area contributed by atoms with Crippen LogP contribution in [-0.4, -0.2) is 40.6 Å². The van der Waals surface area contributed by atoms with Gasteiger partial charge in [-0.3, -0.25) is 5.14 Å².